The van der Waals surface area contributed by atoms with Gasteiger partial charge in [-0.15, -0.1) is 0 Å². The average molecular weight is 278 g/mol. The lowest BCUT2D eigenvalue weighted by Gasteiger charge is -1.94. The molecule has 0 heterocycles. The van der Waals surface area contributed by atoms with Crippen molar-refractivity contribution in [3.8, 4) is 0 Å². The molecule has 0 aliphatic carbocycles. The van der Waals surface area contributed by atoms with Crippen LogP contribution in [-0.4, -0.2) is 11.1 Å². The van der Waals surface area contributed by atoms with E-state index in [-0.39, 0.29) is 0 Å². The molecule has 0 aromatic rings. The summed E-state index contributed by atoms with van der Waals surface area (Å²) in [6.07, 6.45) is 23.6. The number of hydrogen-bond donors (Lipinski definition) is 1. The molecule has 0 unspecified atom stereocenters. The first-order valence-corrected chi connectivity index (χ1v) is 7.98. The highest BCUT2D eigenvalue weighted by Crippen LogP contribution is 2.05. The van der Waals surface area contributed by atoms with Crippen LogP contribution in [0.15, 0.2) is 36.5 Å². The predicted molar refractivity (Wildman–Crippen MR) is 86.9 cm³/mol. The summed E-state index contributed by atoms with van der Waals surface area (Å²) in [5.41, 5.74) is 0. The smallest absolute Gasteiger partial charge is 0.327 e. The van der Waals surface area contributed by atoms with Crippen molar-refractivity contribution in [2.45, 2.75) is 71.1 Å². The van der Waals surface area contributed by atoms with E-state index in [4.69, 9.17) is 5.11 Å². The SMILES string of the molecule is CCCCCCC=CC=CCCCCCC=CC(=O)O. The van der Waals surface area contributed by atoms with E-state index in [1.54, 1.807) is 6.08 Å². The van der Waals surface area contributed by atoms with Gasteiger partial charge in [-0.05, 0) is 38.5 Å². The number of unbranched alkanes of at least 4 members (excludes halogenated alkanes) is 8. The minimum Gasteiger partial charge on any atom is -0.478 e. The second kappa shape index (κ2) is 15.7. The van der Waals surface area contributed by atoms with Crippen LogP contribution >= 0.6 is 0 Å². The van der Waals surface area contributed by atoms with Gasteiger partial charge in [0.15, 0.2) is 0 Å². The lowest BCUT2D eigenvalue weighted by molar-refractivity contribution is -0.131. The average Bonchev–Trinajstić information content (AvgIpc) is 2.43. The highest BCUT2D eigenvalue weighted by Gasteiger charge is 1.88. The van der Waals surface area contributed by atoms with Crippen LogP contribution < -0.4 is 0 Å². The molecule has 0 rings (SSSR count). The summed E-state index contributed by atoms with van der Waals surface area (Å²) in [6, 6.07) is 0. The first-order valence-electron chi connectivity index (χ1n) is 7.98. The van der Waals surface area contributed by atoms with Gasteiger partial charge in [0, 0.05) is 6.08 Å². The molecule has 0 bridgehead atoms. The van der Waals surface area contributed by atoms with Gasteiger partial charge < -0.3 is 5.11 Å². The van der Waals surface area contributed by atoms with Gasteiger partial charge in [-0.25, -0.2) is 4.79 Å². The summed E-state index contributed by atoms with van der Waals surface area (Å²) >= 11 is 0. The van der Waals surface area contributed by atoms with Gasteiger partial charge in [0.1, 0.15) is 0 Å². The molecule has 0 atom stereocenters. The van der Waals surface area contributed by atoms with Crippen LogP contribution in [-0.2, 0) is 4.79 Å². The van der Waals surface area contributed by atoms with Crippen LogP contribution in [0.4, 0.5) is 0 Å². The van der Waals surface area contributed by atoms with E-state index in [0.717, 1.165) is 25.7 Å². The summed E-state index contributed by atoms with van der Waals surface area (Å²) in [6.45, 7) is 2.24. The van der Waals surface area contributed by atoms with Crippen molar-refractivity contribution in [2.24, 2.45) is 0 Å². The lowest BCUT2D eigenvalue weighted by Crippen LogP contribution is -1.85. The molecule has 0 aliphatic heterocycles. The summed E-state index contributed by atoms with van der Waals surface area (Å²) in [5, 5.41) is 8.41. The fourth-order valence-electron chi connectivity index (χ4n) is 1.92. The van der Waals surface area contributed by atoms with Crippen molar-refractivity contribution in [1.82, 2.24) is 0 Å². The first kappa shape index (κ1) is 18.7. The van der Waals surface area contributed by atoms with Gasteiger partial charge >= 0.3 is 5.97 Å². The summed E-state index contributed by atoms with van der Waals surface area (Å²) in [5.74, 6) is -0.852. The summed E-state index contributed by atoms with van der Waals surface area (Å²) in [7, 11) is 0. The molecule has 2 nitrogen and oxygen atoms in total. The zero-order valence-electron chi connectivity index (χ0n) is 12.9. The molecule has 0 spiro atoms. The Balaban J connectivity index is 3.27. The highest BCUT2D eigenvalue weighted by molar-refractivity contribution is 5.79. The molecule has 114 valence electrons. The van der Waals surface area contributed by atoms with E-state index < -0.39 is 5.97 Å². The number of rotatable bonds is 13. The van der Waals surface area contributed by atoms with Crippen molar-refractivity contribution < 1.29 is 9.90 Å². The maximum absolute atomic E-state index is 10.2. The summed E-state index contributed by atoms with van der Waals surface area (Å²) in [4.78, 5) is 10.2. The molecule has 0 aromatic heterocycles. The maximum Gasteiger partial charge on any atom is 0.327 e. The number of carboxylic acid groups (broad SMARTS) is 1. The number of carbonyl (C=O) groups is 1. The van der Waals surface area contributed by atoms with Gasteiger partial charge in [0.05, 0.1) is 0 Å². The molecule has 0 fully saturated rings. The van der Waals surface area contributed by atoms with E-state index in [9.17, 15) is 4.79 Å². The number of allylic oxidation sites excluding steroid dienone is 5. The standard InChI is InChI=1S/C18H30O2/c1-2-3-4-5-6-7-8-9-10-11-12-13-14-15-16-17-18(19)20/h7-10,16-17H,2-6,11-15H2,1H3,(H,19,20). The maximum atomic E-state index is 10.2. The molecular formula is C18H30O2. The normalized spacial score (nSPS) is 12.1. The molecule has 1 N–H and O–H groups in total. The van der Waals surface area contributed by atoms with Crippen molar-refractivity contribution in [3.63, 3.8) is 0 Å². The molecule has 0 aromatic carbocycles. The Bertz CT molecular complexity index is 301. The van der Waals surface area contributed by atoms with E-state index in [2.05, 4.69) is 31.2 Å². The molecule has 0 radical (unpaired) electrons. The zero-order chi connectivity index (χ0) is 14.9. The van der Waals surface area contributed by atoms with E-state index in [1.807, 2.05) is 0 Å². The Morgan fingerprint density at radius 1 is 0.800 bits per heavy atom. The van der Waals surface area contributed by atoms with E-state index >= 15 is 0 Å². The molecule has 2 heteroatoms. The Hall–Kier alpha value is -1.31. The van der Waals surface area contributed by atoms with Crippen LogP contribution in [0.25, 0.3) is 0 Å². The van der Waals surface area contributed by atoms with E-state index in [0.29, 0.717) is 0 Å². The van der Waals surface area contributed by atoms with Gasteiger partial charge in [0.2, 0.25) is 0 Å². The Morgan fingerprint density at radius 3 is 1.80 bits per heavy atom. The van der Waals surface area contributed by atoms with Crippen LogP contribution in [0, 0.1) is 0 Å². The summed E-state index contributed by atoms with van der Waals surface area (Å²) < 4.78 is 0. The minimum atomic E-state index is -0.852. The molecule has 0 saturated heterocycles. The first-order chi connectivity index (χ1) is 9.77. The van der Waals surface area contributed by atoms with Crippen molar-refractivity contribution in [1.29, 1.82) is 0 Å². The predicted octanol–water partition coefficient (Wildman–Crippen LogP) is 5.66. The van der Waals surface area contributed by atoms with Crippen LogP contribution in [0.1, 0.15) is 71.1 Å². The number of hydrogen-bond acceptors (Lipinski definition) is 1. The fourth-order valence-corrected chi connectivity index (χ4v) is 1.92. The molecule has 0 amide bonds. The largest absolute Gasteiger partial charge is 0.478 e. The highest BCUT2D eigenvalue weighted by atomic mass is 16.4. The fraction of sp³-hybridized carbons (Fsp3) is 0.611. The Morgan fingerprint density at radius 2 is 1.30 bits per heavy atom. The Kier molecular flexibility index (Phi) is 14.7. The van der Waals surface area contributed by atoms with E-state index in [1.165, 1.54) is 44.6 Å². The topological polar surface area (TPSA) is 37.3 Å². The van der Waals surface area contributed by atoms with Crippen LogP contribution in [0.3, 0.4) is 0 Å². The monoisotopic (exact) mass is 278 g/mol. The zero-order valence-corrected chi connectivity index (χ0v) is 12.9. The second-order valence-electron chi connectivity index (χ2n) is 5.08. The molecule has 20 heavy (non-hydrogen) atoms. The third-order valence-electron chi connectivity index (χ3n) is 3.11. The van der Waals surface area contributed by atoms with Gasteiger partial charge in [-0.1, -0.05) is 63.0 Å². The van der Waals surface area contributed by atoms with Crippen molar-refractivity contribution in [2.75, 3.05) is 0 Å². The van der Waals surface area contributed by atoms with Gasteiger partial charge in [-0.2, -0.15) is 0 Å². The Labute approximate surface area is 124 Å². The lowest BCUT2D eigenvalue weighted by atomic mass is 10.1. The van der Waals surface area contributed by atoms with Gasteiger partial charge in [-0.3, -0.25) is 0 Å². The number of aliphatic carboxylic acids is 1. The third-order valence-corrected chi connectivity index (χ3v) is 3.11. The molecule has 0 saturated carbocycles. The minimum absolute atomic E-state index is 0.852. The number of carboxylic acids is 1. The molecular weight excluding hydrogens is 248 g/mol. The van der Waals surface area contributed by atoms with Crippen LogP contribution in [0.5, 0.6) is 0 Å². The second-order valence-corrected chi connectivity index (χ2v) is 5.08. The quantitative estimate of drug-likeness (QED) is 0.268. The van der Waals surface area contributed by atoms with Crippen molar-refractivity contribution >= 4 is 5.97 Å². The molecule has 0 aliphatic rings. The van der Waals surface area contributed by atoms with Gasteiger partial charge in [0.25, 0.3) is 0 Å². The van der Waals surface area contributed by atoms with Crippen LogP contribution in [0.2, 0.25) is 0 Å². The third kappa shape index (κ3) is 16.7. The van der Waals surface area contributed by atoms with Crippen molar-refractivity contribution in [3.05, 3.63) is 36.5 Å².